The molecule has 0 radical (unpaired) electrons. The van der Waals surface area contributed by atoms with Crippen molar-refractivity contribution in [3.05, 3.63) is 58.8 Å². The minimum Gasteiger partial charge on any atom is -0.491 e. The van der Waals surface area contributed by atoms with Gasteiger partial charge >= 0.3 is 0 Å². The highest BCUT2D eigenvalue weighted by molar-refractivity contribution is 9.10. The third kappa shape index (κ3) is 6.44. The third-order valence-electron chi connectivity index (χ3n) is 4.75. The van der Waals surface area contributed by atoms with Gasteiger partial charge in [-0.2, -0.15) is 0 Å². The van der Waals surface area contributed by atoms with Gasteiger partial charge in [0.1, 0.15) is 18.2 Å². The number of aliphatic hydroxyl groups excluding tert-OH is 1. The molecule has 1 aromatic heterocycles. The van der Waals surface area contributed by atoms with Gasteiger partial charge < -0.3 is 19.1 Å². The van der Waals surface area contributed by atoms with E-state index in [2.05, 4.69) is 34.3 Å². The molecule has 0 saturated heterocycles. The van der Waals surface area contributed by atoms with Gasteiger partial charge in [-0.25, -0.2) is 4.98 Å². The molecule has 2 atom stereocenters. The monoisotopic (exact) mass is 482 g/mol. The van der Waals surface area contributed by atoms with E-state index in [-0.39, 0.29) is 19.0 Å². The summed E-state index contributed by atoms with van der Waals surface area (Å²) in [6, 6.07) is 15.7. The van der Waals surface area contributed by atoms with Gasteiger partial charge in [-0.15, -0.1) is 12.4 Å². The van der Waals surface area contributed by atoms with Gasteiger partial charge in [0.2, 0.25) is 0 Å². The Hall–Kier alpha value is -1.60. The zero-order valence-corrected chi connectivity index (χ0v) is 19.2. The summed E-state index contributed by atoms with van der Waals surface area (Å²) in [5.41, 5.74) is 2.02. The van der Waals surface area contributed by atoms with E-state index in [0.29, 0.717) is 25.7 Å². The van der Waals surface area contributed by atoms with Gasteiger partial charge in [-0.1, -0.05) is 41.9 Å². The smallest absolute Gasteiger partial charge is 0.119 e. The Morgan fingerprint density at radius 1 is 1.10 bits per heavy atom. The minimum absolute atomic E-state index is 0. The van der Waals surface area contributed by atoms with Crippen molar-refractivity contribution < 1.29 is 14.6 Å². The highest BCUT2D eigenvalue weighted by atomic mass is 79.9. The van der Waals surface area contributed by atoms with E-state index in [0.717, 1.165) is 33.5 Å². The maximum atomic E-state index is 10.5. The molecule has 0 aliphatic carbocycles. The van der Waals surface area contributed by atoms with Gasteiger partial charge in [0, 0.05) is 10.4 Å². The number of nitrogens with zero attached hydrogens (tertiary/aromatic N) is 2. The first-order chi connectivity index (χ1) is 13.6. The zero-order chi connectivity index (χ0) is 19.9. The Kier molecular flexibility index (Phi) is 9.43. The number of fused-ring (bicyclic) bond motifs is 1. The molecule has 2 aromatic carbocycles. The van der Waals surface area contributed by atoms with Crippen molar-refractivity contribution in [2.24, 2.45) is 0 Å². The third-order valence-corrected chi connectivity index (χ3v) is 5.28. The number of benzene rings is 2. The molecule has 1 heterocycles. The van der Waals surface area contributed by atoms with Crippen molar-refractivity contribution in [2.45, 2.75) is 38.8 Å². The predicted molar refractivity (Wildman–Crippen MR) is 122 cm³/mol. The number of ether oxygens (including phenoxy) is 2. The summed E-state index contributed by atoms with van der Waals surface area (Å²) in [5, 5.41) is 10.5. The summed E-state index contributed by atoms with van der Waals surface area (Å²) in [4.78, 5) is 4.77. The number of hydrogen-bond donors (Lipinski definition) is 1. The fourth-order valence-electron chi connectivity index (χ4n) is 3.08. The minimum atomic E-state index is -0.604. The fourth-order valence-corrected chi connectivity index (χ4v) is 3.34. The van der Waals surface area contributed by atoms with Crippen LogP contribution in [-0.4, -0.2) is 40.6 Å². The largest absolute Gasteiger partial charge is 0.491 e. The molecule has 2 unspecified atom stereocenters. The number of imidazole rings is 1. The number of aromatic nitrogens is 2. The molecule has 0 bridgehead atoms. The van der Waals surface area contributed by atoms with Crippen molar-refractivity contribution in [3.8, 4) is 5.75 Å². The first kappa shape index (κ1) is 23.7. The normalized spacial score (nSPS) is 13.1. The molecule has 5 nitrogen and oxygen atoms in total. The molecule has 158 valence electrons. The molecule has 0 aliphatic rings. The van der Waals surface area contributed by atoms with Crippen LogP contribution in [0, 0.1) is 0 Å². The lowest BCUT2D eigenvalue weighted by Gasteiger charge is -2.17. The molecule has 7 heteroatoms. The van der Waals surface area contributed by atoms with E-state index in [1.165, 1.54) is 0 Å². The van der Waals surface area contributed by atoms with Gasteiger partial charge in [0.25, 0.3) is 0 Å². The van der Waals surface area contributed by atoms with Crippen molar-refractivity contribution in [1.29, 1.82) is 0 Å². The van der Waals surface area contributed by atoms with Crippen molar-refractivity contribution in [2.75, 3.05) is 19.8 Å². The molecule has 1 N–H and O–H groups in total. The molecule has 0 amide bonds. The molecule has 0 fully saturated rings. The van der Waals surface area contributed by atoms with Gasteiger partial charge in [-0.3, -0.25) is 0 Å². The van der Waals surface area contributed by atoms with Gasteiger partial charge in [0.15, 0.2) is 0 Å². The predicted octanol–water partition coefficient (Wildman–Crippen LogP) is 5.19. The van der Waals surface area contributed by atoms with E-state index in [4.69, 9.17) is 14.5 Å². The second kappa shape index (κ2) is 11.6. The van der Waals surface area contributed by atoms with Gasteiger partial charge in [0.05, 0.1) is 36.9 Å². The summed E-state index contributed by atoms with van der Waals surface area (Å²) >= 11 is 3.40. The van der Waals surface area contributed by atoms with Crippen LogP contribution in [0.15, 0.2) is 53.0 Å². The Morgan fingerprint density at radius 2 is 1.83 bits per heavy atom. The van der Waals surface area contributed by atoms with Crippen LogP contribution < -0.4 is 4.74 Å². The van der Waals surface area contributed by atoms with E-state index >= 15 is 0 Å². The lowest BCUT2D eigenvalue weighted by molar-refractivity contribution is 0.0174. The highest BCUT2D eigenvalue weighted by Crippen LogP contribution is 2.24. The summed E-state index contributed by atoms with van der Waals surface area (Å²) in [7, 11) is 0. The summed E-state index contributed by atoms with van der Waals surface area (Å²) in [6.45, 7) is 5.92. The Bertz CT molecular complexity index is 885. The van der Waals surface area contributed by atoms with Crippen molar-refractivity contribution in [1.82, 2.24) is 9.55 Å². The second-order valence-electron chi connectivity index (χ2n) is 6.91. The molecular weight excluding hydrogens is 456 g/mol. The molecule has 0 saturated carbocycles. The van der Waals surface area contributed by atoms with Crippen LogP contribution in [-0.2, 0) is 11.3 Å². The van der Waals surface area contributed by atoms with E-state index in [1.54, 1.807) is 0 Å². The number of aliphatic hydroxyl groups is 1. The molecule has 3 rings (SSSR count). The zero-order valence-electron chi connectivity index (χ0n) is 16.8. The van der Waals surface area contributed by atoms with E-state index in [9.17, 15) is 5.11 Å². The lowest BCUT2D eigenvalue weighted by Crippen LogP contribution is -2.24. The maximum absolute atomic E-state index is 10.5. The molecule has 3 aromatic rings. The number of halogens is 2. The lowest BCUT2D eigenvalue weighted by atomic mass is 10.1. The Labute approximate surface area is 186 Å². The Morgan fingerprint density at radius 3 is 2.55 bits per heavy atom. The topological polar surface area (TPSA) is 56.5 Å². The van der Waals surface area contributed by atoms with Crippen LogP contribution in [0.1, 0.15) is 32.0 Å². The first-order valence-corrected chi connectivity index (χ1v) is 10.5. The fraction of sp³-hybridized carbons (Fsp3) is 0.409. The Balaban J connectivity index is 0.00000300. The molecule has 0 spiro atoms. The summed E-state index contributed by atoms with van der Waals surface area (Å²) < 4.78 is 14.4. The van der Waals surface area contributed by atoms with E-state index < -0.39 is 6.10 Å². The number of hydrogen-bond acceptors (Lipinski definition) is 4. The van der Waals surface area contributed by atoms with Gasteiger partial charge in [-0.05, 0) is 42.8 Å². The van der Waals surface area contributed by atoms with Crippen LogP contribution in [0.2, 0.25) is 0 Å². The number of para-hydroxylation sites is 2. The molecule has 29 heavy (non-hydrogen) atoms. The second-order valence-corrected chi connectivity index (χ2v) is 7.83. The van der Waals surface area contributed by atoms with Crippen LogP contribution in [0.5, 0.6) is 5.75 Å². The number of rotatable bonds is 10. The van der Waals surface area contributed by atoms with E-state index in [1.807, 2.05) is 48.5 Å². The first-order valence-electron chi connectivity index (χ1n) is 9.67. The highest BCUT2D eigenvalue weighted by Gasteiger charge is 2.17. The van der Waals surface area contributed by atoms with Crippen molar-refractivity contribution >= 4 is 39.4 Å². The average Bonchev–Trinajstić information content (AvgIpc) is 3.07. The average molecular weight is 484 g/mol. The maximum Gasteiger partial charge on any atom is 0.119 e. The standard InChI is InChI=1S/C22H27BrN2O3.ClH/c1-3-16(2)22-24-20-6-4-5-7-21(20)25(22)14-18(26)15-27-12-13-28-19-10-8-17(23)9-11-19;/h4-11,16,18,26H,3,12-15H2,1-2H3;1H. The molecular formula is C22H28BrClN2O3. The van der Waals surface area contributed by atoms with Crippen LogP contribution in [0.4, 0.5) is 0 Å². The summed E-state index contributed by atoms with van der Waals surface area (Å²) in [5.74, 6) is 2.15. The molecule has 0 aliphatic heterocycles. The quantitative estimate of drug-likeness (QED) is 0.403. The van der Waals surface area contributed by atoms with Crippen molar-refractivity contribution in [3.63, 3.8) is 0 Å². The van der Waals surface area contributed by atoms with Crippen LogP contribution >= 0.6 is 28.3 Å². The summed E-state index contributed by atoms with van der Waals surface area (Å²) in [6.07, 6.45) is 0.400. The van der Waals surface area contributed by atoms with Crippen LogP contribution in [0.25, 0.3) is 11.0 Å². The SMILES string of the molecule is CCC(C)c1nc2ccccc2n1CC(O)COCCOc1ccc(Br)cc1.Cl. The van der Waals surface area contributed by atoms with Crippen LogP contribution in [0.3, 0.4) is 0 Å².